The van der Waals surface area contributed by atoms with Crippen LogP contribution in [0, 0.1) is 0 Å². The molecule has 0 aliphatic carbocycles. The molecule has 0 bridgehead atoms. The van der Waals surface area contributed by atoms with Crippen molar-refractivity contribution in [1.82, 2.24) is 5.43 Å². The number of carbonyl (C=O) groups excluding carboxylic acids is 2. The van der Waals surface area contributed by atoms with Gasteiger partial charge in [0.1, 0.15) is 5.75 Å². The largest absolute Gasteiger partial charge is 0.495 e. The topological polar surface area (TPSA) is 79.8 Å². The van der Waals surface area contributed by atoms with Crippen LogP contribution in [0.2, 0.25) is 10.0 Å². The van der Waals surface area contributed by atoms with E-state index in [4.69, 9.17) is 27.9 Å². The van der Waals surface area contributed by atoms with Crippen molar-refractivity contribution in [1.29, 1.82) is 0 Å². The number of methoxy groups -OCH3 is 1. The van der Waals surface area contributed by atoms with E-state index < -0.39 is 0 Å². The van der Waals surface area contributed by atoms with Crippen molar-refractivity contribution in [2.45, 2.75) is 19.8 Å². The number of halogens is 2. The van der Waals surface area contributed by atoms with Crippen LogP contribution in [0.3, 0.4) is 0 Å². The average Bonchev–Trinajstić information content (AvgIpc) is 2.62. The molecule has 0 spiro atoms. The molecule has 0 atom stereocenters. The van der Waals surface area contributed by atoms with Crippen LogP contribution in [0.15, 0.2) is 47.6 Å². The van der Waals surface area contributed by atoms with E-state index in [9.17, 15) is 9.59 Å². The molecule has 0 saturated carbocycles. The molecule has 2 aromatic rings. The van der Waals surface area contributed by atoms with Crippen LogP contribution >= 0.6 is 23.2 Å². The standard InChI is InChI=1S/C19H19Cl2N3O3/c1-12(23-24-19(26)10-13-3-5-14(20)6-4-13)9-18(25)22-16-11-15(21)7-8-17(16)27-2/h3-8,11H,9-10H2,1-2H3,(H,22,25)(H,24,26)/b23-12+. The number of ether oxygens (including phenoxy) is 1. The zero-order valence-electron chi connectivity index (χ0n) is 14.9. The van der Waals surface area contributed by atoms with Gasteiger partial charge in [-0.1, -0.05) is 35.3 Å². The van der Waals surface area contributed by atoms with Gasteiger partial charge in [0.05, 0.1) is 25.6 Å². The molecule has 6 nitrogen and oxygen atoms in total. The minimum absolute atomic E-state index is 0.0108. The zero-order chi connectivity index (χ0) is 19.8. The fourth-order valence-corrected chi connectivity index (χ4v) is 2.53. The van der Waals surface area contributed by atoms with E-state index in [0.717, 1.165) is 5.56 Å². The van der Waals surface area contributed by atoms with E-state index in [0.29, 0.717) is 27.2 Å². The van der Waals surface area contributed by atoms with Gasteiger partial charge >= 0.3 is 0 Å². The number of anilines is 1. The summed E-state index contributed by atoms with van der Waals surface area (Å²) in [5.41, 5.74) is 4.18. The lowest BCUT2D eigenvalue weighted by molar-refractivity contribution is -0.120. The molecule has 27 heavy (non-hydrogen) atoms. The zero-order valence-corrected chi connectivity index (χ0v) is 16.4. The molecular formula is C19H19Cl2N3O3. The monoisotopic (exact) mass is 407 g/mol. The highest BCUT2D eigenvalue weighted by Gasteiger charge is 2.10. The maximum absolute atomic E-state index is 12.2. The molecular weight excluding hydrogens is 389 g/mol. The molecule has 8 heteroatoms. The highest BCUT2D eigenvalue weighted by molar-refractivity contribution is 6.31. The third-order valence-corrected chi connectivity index (χ3v) is 3.99. The third-order valence-electron chi connectivity index (χ3n) is 3.50. The van der Waals surface area contributed by atoms with E-state index in [1.54, 1.807) is 49.4 Å². The molecule has 0 saturated heterocycles. The number of amides is 2. The summed E-state index contributed by atoms with van der Waals surface area (Å²) in [7, 11) is 1.50. The number of hydrogen-bond acceptors (Lipinski definition) is 4. The van der Waals surface area contributed by atoms with Crippen molar-refractivity contribution < 1.29 is 14.3 Å². The van der Waals surface area contributed by atoms with Crippen LogP contribution in [0.5, 0.6) is 5.75 Å². The summed E-state index contributed by atoms with van der Waals surface area (Å²) in [4.78, 5) is 24.1. The van der Waals surface area contributed by atoms with Crippen molar-refractivity contribution in [3.63, 3.8) is 0 Å². The van der Waals surface area contributed by atoms with Gasteiger partial charge in [0.25, 0.3) is 0 Å². The lowest BCUT2D eigenvalue weighted by Gasteiger charge is -2.10. The molecule has 0 unspecified atom stereocenters. The Morgan fingerprint density at radius 1 is 1.04 bits per heavy atom. The van der Waals surface area contributed by atoms with Gasteiger partial charge in [-0.05, 0) is 42.8 Å². The summed E-state index contributed by atoms with van der Waals surface area (Å²) in [6.45, 7) is 1.65. The molecule has 0 aliphatic heterocycles. The molecule has 2 amide bonds. The predicted molar refractivity (Wildman–Crippen MR) is 108 cm³/mol. The van der Waals surface area contributed by atoms with Crippen molar-refractivity contribution in [2.24, 2.45) is 5.10 Å². The van der Waals surface area contributed by atoms with Crippen molar-refractivity contribution in [3.8, 4) is 5.75 Å². The highest BCUT2D eigenvalue weighted by Crippen LogP contribution is 2.27. The second-order valence-electron chi connectivity index (χ2n) is 5.75. The van der Waals surface area contributed by atoms with E-state index >= 15 is 0 Å². The Balaban J connectivity index is 1.87. The van der Waals surface area contributed by atoms with Crippen molar-refractivity contribution >= 4 is 46.4 Å². The smallest absolute Gasteiger partial charge is 0.244 e. The number of hydrogen-bond donors (Lipinski definition) is 2. The van der Waals surface area contributed by atoms with Gasteiger partial charge in [-0.25, -0.2) is 5.43 Å². The fourth-order valence-electron chi connectivity index (χ4n) is 2.23. The molecule has 0 aliphatic rings. The highest BCUT2D eigenvalue weighted by atomic mass is 35.5. The van der Waals surface area contributed by atoms with Gasteiger partial charge in [0, 0.05) is 15.8 Å². The van der Waals surface area contributed by atoms with E-state index in [-0.39, 0.29) is 24.7 Å². The van der Waals surface area contributed by atoms with Gasteiger partial charge in [0.15, 0.2) is 0 Å². The molecule has 0 radical (unpaired) electrons. The second kappa shape index (κ2) is 9.94. The van der Waals surface area contributed by atoms with Crippen LogP contribution in [0.1, 0.15) is 18.9 Å². The molecule has 2 aromatic carbocycles. The maximum atomic E-state index is 12.2. The maximum Gasteiger partial charge on any atom is 0.244 e. The van der Waals surface area contributed by atoms with E-state index in [1.807, 2.05) is 0 Å². The minimum Gasteiger partial charge on any atom is -0.495 e. The minimum atomic E-state index is -0.302. The van der Waals surface area contributed by atoms with Gasteiger partial charge in [0.2, 0.25) is 11.8 Å². The Morgan fingerprint density at radius 3 is 2.37 bits per heavy atom. The van der Waals surface area contributed by atoms with Crippen LogP contribution in [-0.2, 0) is 16.0 Å². The SMILES string of the molecule is COc1ccc(Cl)cc1NC(=O)C/C(C)=N/NC(=O)Cc1ccc(Cl)cc1. The molecule has 2 rings (SSSR count). The summed E-state index contributed by atoms with van der Waals surface area (Å²) >= 11 is 11.7. The van der Waals surface area contributed by atoms with Crippen LogP contribution < -0.4 is 15.5 Å². The molecule has 0 fully saturated rings. The quantitative estimate of drug-likeness (QED) is 0.536. The number of carbonyl (C=O) groups is 2. The van der Waals surface area contributed by atoms with Crippen LogP contribution in [0.4, 0.5) is 5.69 Å². The number of benzene rings is 2. The lowest BCUT2D eigenvalue weighted by Crippen LogP contribution is -2.23. The summed E-state index contributed by atoms with van der Waals surface area (Å²) in [5, 5.41) is 7.75. The first-order valence-corrected chi connectivity index (χ1v) is 8.83. The van der Waals surface area contributed by atoms with E-state index in [2.05, 4.69) is 15.8 Å². The Labute approximate surface area is 167 Å². The lowest BCUT2D eigenvalue weighted by atomic mass is 10.1. The van der Waals surface area contributed by atoms with Gasteiger partial charge in [-0.3, -0.25) is 9.59 Å². The van der Waals surface area contributed by atoms with Gasteiger partial charge in [-0.15, -0.1) is 0 Å². The molecule has 0 aromatic heterocycles. The summed E-state index contributed by atoms with van der Waals surface area (Å²) < 4.78 is 5.18. The first-order valence-electron chi connectivity index (χ1n) is 8.07. The molecule has 0 heterocycles. The molecule has 142 valence electrons. The van der Waals surface area contributed by atoms with Gasteiger partial charge in [-0.2, -0.15) is 5.10 Å². The average molecular weight is 408 g/mol. The Morgan fingerprint density at radius 2 is 1.70 bits per heavy atom. The normalized spacial score (nSPS) is 11.0. The Hall–Kier alpha value is -2.57. The second-order valence-corrected chi connectivity index (χ2v) is 6.63. The molecule has 2 N–H and O–H groups in total. The fraction of sp³-hybridized carbons (Fsp3) is 0.211. The summed E-state index contributed by atoms with van der Waals surface area (Å²) in [6, 6.07) is 11.9. The number of rotatable bonds is 7. The number of nitrogens with one attached hydrogen (secondary N) is 2. The first-order chi connectivity index (χ1) is 12.9. The Bertz CT molecular complexity index is 852. The van der Waals surface area contributed by atoms with Crippen molar-refractivity contribution in [3.05, 3.63) is 58.1 Å². The number of nitrogens with zero attached hydrogens (tertiary/aromatic N) is 1. The first kappa shape index (κ1) is 20.7. The van der Waals surface area contributed by atoms with E-state index in [1.165, 1.54) is 7.11 Å². The number of hydrazone groups is 1. The van der Waals surface area contributed by atoms with Gasteiger partial charge < -0.3 is 10.1 Å². The third kappa shape index (κ3) is 6.92. The van der Waals surface area contributed by atoms with Crippen LogP contribution in [-0.4, -0.2) is 24.6 Å². The summed E-state index contributed by atoms with van der Waals surface area (Å²) in [5.74, 6) is -0.0871. The van der Waals surface area contributed by atoms with Crippen LogP contribution in [0.25, 0.3) is 0 Å². The Kier molecular flexibility index (Phi) is 7.64. The predicted octanol–water partition coefficient (Wildman–Crippen LogP) is 4.07. The summed E-state index contributed by atoms with van der Waals surface area (Å²) in [6.07, 6.45) is 0.177. The van der Waals surface area contributed by atoms with Crippen molar-refractivity contribution in [2.75, 3.05) is 12.4 Å².